The average Bonchev–Trinajstić information content (AvgIpc) is 2.48. The molecule has 3 atom stereocenters. The SMILES string of the molecule is CC1CN(C(=O)OC(C)(C)C)C(C)CC1Nc1ccc(C(F)(F)F)cc1. The summed E-state index contributed by atoms with van der Waals surface area (Å²) in [4.78, 5) is 14.1. The van der Waals surface area contributed by atoms with E-state index in [-0.39, 0.29) is 24.1 Å². The highest BCUT2D eigenvalue weighted by Gasteiger charge is 2.36. The summed E-state index contributed by atoms with van der Waals surface area (Å²) in [6.45, 7) is 10.0. The first-order valence-corrected chi connectivity index (χ1v) is 8.80. The summed E-state index contributed by atoms with van der Waals surface area (Å²) in [7, 11) is 0. The summed E-state index contributed by atoms with van der Waals surface area (Å²) in [6.07, 6.45) is -3.97. The van der Waals surface area contributed by atoms with Gasteiger partial charge in [0.05, 0.1) is 5.56 Å². The van der Waals surface area contributed by atoms with Crippen LogP contribution in [0.1, 0.15) is 46.6 Å². The zero-order chi connectivity index (χ0) is 19.7. The number of amides is 1. The predicted octanol–water partition coefficient (Wildman–Crippen LogP) is 5.15. The summed E-state index contributed by atoms with van der Waals surface area (Å²) >= 11 is 0. The Morgan fingerprint density at radius 1 is 1.15 bits per heavy atom. The van der Waals surface area contributed by atoms with Crippen molar-refractivity contribution in [2.75, 3.05) is 11.9 Å². The van der Waals surface area contributed by atoms with Gasteiger partial charge in [0.1, 0.15) is 5.60 Å². The molecule has 146 valence electrons. The van der Waals surface area contributed by atoms with Gasteiger partial charge in [-0.25, -0.2) is 4.79 Å². The first kappa shape index (κ1) is 20.4. The molecule has 1 N–H and O–H groups in total. The molecule has 1 saturated heterocycles. The Balaban J connectivity index is 2.00. The highest BCUT2D eigenvalue weighted by molar-refractivity contribution is 5.68. The number of hydrogen-bond acceptors (Lipinski definition) is 3. The van der Waals surface area contributed by atoms with E-state index in [1.54, 1.807) is 4.90 Å². The van der Waals surface area contributed by atoms with Crippen LogP contribution in [0.2, 0.25) is 0 Å². The smallest absolute Gasteiger partial charge is 0.416 e. The topological polar surface area (TPSA) is 41.6 Å². The van der Waals surface area contributed by atoms with E-state index in [1.165, 1.54) is 12.1 Å². The molecule has 0 radical (unpaired) electrons. The molecule has 1 amide bonds. The lowest BCUT2D eigenvalue weighted by Gasteiger charge is -2.42. The fourth-order valence-corrected chi connectivity index (χ4v) is 3.09. The molecule has 0 aliphatic carbocycles. The van der Waals surface area contributed by atoms with E-state index < -0.39 is 17.3 Å². The van der Waals surface area contributed by atoms with Gasteiger partial charge < -0.3 is 15.0 Å². The highest BCUT2D eigenvalue weighted by Crippen LogP contribution is 2.31. The molecule has 26 heavy (non-hydrogen) atoms. The van der Waals surface area contributed by atoms with Crippen molar-refractivity contribution in [1.29, 1.82) is 0 Å². The highest BCUT2D eigenvalue weighted by atomic mass is 19.4. The summed E-state index contributed by atoms with van der Waals surface area (Å²) in [5.74, 6) is 0.140. The van der Waals surface area contributed by atoms with Crippen LogP contribution in [0.3, 0.4) is 0 Å². The van der Waals surface area contributed by atoms with Gasteiger partial charge in [-0.3, -0.25) is 0 Å². The molecule has 1 aromatic carbocycles. The zero-order valence-electron chi connectivity index (χ0n) is 15.9. The van der Waals surface area contributed by atoms with Gasteiger partial charge in [0.15, 0.2) is 0 Å². The van der Waals surface area contributed by atoms with E-state index >= 15 is 0 Å². The molecule has 3 unspecified atom stereocenters. The Kier molecular flexibility index (Phi) is 5.78. The number of alkyl halides is 3. The molecular weight excluding hydrogens is 345 g/mol. The van der Waals surface area contributed by atoms with Crippen molar-refractivity contribution in [2.24, 2.45) is 5.92 Å². The second-order valence-corrected chi connectivity index (χ2v) is 8.02. The van der Waals surface area contributed by atoms with Crippen molar-refractivity contribution in [3.05, 3.63) is 29.8 Å². The zero-order valence-corrected chi connectivity index (χ0v) is 15.9. The van der Waals surface area contributed by atoms with Crippen LogP contribution in [-0.4, -0.2) is 35.2 Å². The molecule has 0 spiro atoms. The molecule has 7 heteroatoms. The number of ether oxygens (including phenoxy) is 1. The number of hydrogen-bond donors (Lipinski definition) is 1. The third-order valence-electron chi connectivity index (χ3n) is 4.49. The van der Waals surface area contributed by atoms with E-state index in [9.17, 15) is 18.0 Å². The number of halogens is 3. The molecule has 1 aromatic rings. The molecule has 0 aromatic heterocycles. The minimum atomic E-state index is -4.33. The Hall–Kier alpha value is -1.92. The van der Waals surface area contributed by atoms with Gasteiger partial charge >= 0.3 is 12.3 Å². The van der Waals surface area contributed by atoms with Crippen LogP contribution in [0.4, 0.5) is 23.7 Å². The van der Waals surface area contributed by atoms with Crippen LogP contribution < -0.4 is 5.32 Å². The van der Waals surface area contributed by atoms with E-state index in [1.807, 2.05) is 34.6 Å². The van der Waals surface area contributed by atoms with Crippen molar-refractivity contribution in [3.63, 3.8) is 0 Å². The number of rotatable bonds is 2. The van der Waals surface area contributed by atoms with Crippen LogP contribution in [0.15, 0.2) is 24.3 Å². The lowest BCUT2D eigenvalue weighted by molar-refractivity contribution is -0.137. The van der Waals surface area contributed by atoms with Crippen molar-refractivity contribution in [1.82, 2.24) is 4.90 Å². The van der Waals surface area contributed by atoms with Gasteiger partial charge in [-0.2, -0.15) is 13.2 Å². The van der Waals surface area contributed by atoms with Gasteiger partial charge in [0.25, 0.3) is 0 Å². The van der Waals surface area contributed by atoms with Crippen molar-refractivity contribution in [2.45, 2.75) is 64.9 Å². The maximum absolute atomic E-state index is 12.7. The van der Waals surface area contributed by atoms with E-state index in [0.717, 1.165) is 12.1 Å². The van der Waals surface area contributed by atoms with E-state index in [0.29, 0.717) is 18.7 Å². The number of carbonyl (C=O) groups is 1. The molecular formula is C19H27F3N2O2. The number of likely N-dealkylation sites (tertiary alicyclic amines) is 1. The van der Waals surface area contributed by atoms with Gasteiger partial charge in [-0.1, -0.05) is 6.92 Å². The number of benzene rings is 1. The molecule has 1 fully saturated rings. The van der Waals surface area contributed by atoms with Crippen LogP contribution in [0.5, 0.6) is 0 Å². The standard InChI is InChI=1S/C19H27F3N2O2/c1-12-11-24(17(25)26-18(3,4)5)13(2)10-16(12)23-15-8-6-14(7-9-15)19(20,21)22/h6-9,12-13,16,23H,10-11H2,1-5H3. The second kappa shape index (κ2) is 7.37. The van der Waals surface area contributed by atoms with Crippen molar-refractivity contribution >= 4 is 11.8 Å². The third kappa shape index (κ3) is 5.29. The number of carbonyl (C=O) groups excluding carboxylic acids is 1. The van der Waals surface area contributed by atoms with Crippen LogP contribution in [-0.2, 0) is 10.9 Å². The molecule has 4 nitrogen and oxygen atoms in total. The van der Waals surface area contributed by atoms with Gasteiger partial charge in [0, 0.05) is 24.3 Å². The maximum atomic E-state index is 12.7. The van der Waals surface area contributed by atoms with Crippen molar-refractivity contribution in [3.8, 4) is 0 Å². The van der Waals surface area contributed by atoms with Gasteiger partial charge in [-0.05, 0) is 64.3 Å². The molecule has 1 heterocycles. The van der Waals surface area contributed by atoms with E-state index in [4.69, 9.17) is 4.74 Å². The monoisotopic (exact) mass is 372 g/mol. The lowest BCUT2D eigenvalue weighted by Crippen LogP contribution is -2.53. The van der Waals surface area contributed by atoms with Gasteiger partial charge in [-0.15, -0.1) is 0 Å². The Labute approximate surface area is 152 Å². The van der Waals surface area contributed by atoms with Crippen molar-refractivity contribution < 1.29 is 22.7 Å². The third-order valence-corrected chi connectivity index (χ3v) is 4.49. The van der Waals surface area contributed by atoms with E-state index in [2.05, 4.69) is 5.32 Å². The quantitative estimate of drug-likeness (QED) is 0.780. The minimum Gasteiger partial charge on any atom is -0.444 e. The fraction of sp³-hybridized carbons (Fsp3) is 0.632. The Bertz CT molecular complexity index is 623. The number of nitrogens with zero attached hydrogens (tertiary/aromatic N) is 1. The molecule has 0 bridgehead atoms. The maximum Gasteiger partial charge on any atom is 0.416 e. The predicted molar refractivity (Wildman–Crippen MR) is 95.0 cm³/mol. The fourth-order valence-electron chi connectivity index (χ4n) is 3.09. The molecule has 0 saturated carbocycles. The number of piperidine rings is 1. The second-order valence-electron chi connectivity index (χ2n) is 8.02. The number of anilines is 1. The van der Waals surface area contributed by atoms with Crippen LogP contribution in [0.25, 0.3) is 0 Å². The first-order valence-electron chi connectivity index (χ1n) is 8.80. The van der Waals surface area contributed by atoms with Gasteiger partial charge in [0.2, 0.25) is 0 Å². The average molecular weight is 372 g/mol. The molecule has 2 rings (SSSR count). The summed E-state index contributed by atoms with van der Waals surface area (Å²) < 4.78 is 43.4. The summed E-state index contributed by atoms with van der Waals surface area (Å²) in [6, 6.07) is 5.09. The summed E-state index contributed by atoms with van der Waals surface area (Å²) in [5, 5.41) is 3.30. The molecule has 1 aliphatic rings. The molecule has 1 aliphatic heterocycles. The van der Waals surface area contributed by atoms with Crippen LogP contribution in [0, 0.1) is 5.92 Å². The largest absolute Gasteiger partial charge is 0.444 e. The lowest BCUT2D eigenvalue weighted by atomic mass is 9.89. The Morgan fingerprint density at radius 2 is 1.73 bits per heavy atom. The van der Waals surface area contributed by atoms with Crippen LogP contribution >= 0.6 is 0 Å². The summed E-state index contributed by atoms with van der Waals surface area (Å²) in [5.41, 5.74) is -0.563. The first-order chi connectivity index (χ1) is 11.9. The Morgan fingerprint density at radius 3 is 2.23 bits per heavy atom. The normalized spacial score (nSPS) is 24.3. The minimum absolute atomic E-state index is 0.0204. The number of nitrogens with one attached hydrogen (secondary N) is 1.